The first-order valence-corrected chi connectivity index (χ1v) is 6.91. The molecular formula is C13H15ClF3N3O. The number of likely N-dealkylation sites (tertiary alicyclic amines) is 1. The van der Waals surface area contributed by atoms with Crippen LogP contribution in [0.3, 0.4) is 0 Å². The molecule has 116 valence electrons. The smallest absolute Gasteiger partial charge is 0.352 e. The van der Waals surface area contributed by atoms with Crippen molar-refractivity contribution in [2.75, 3.05) is 26.2 Å². The van der Waals surface area contributed by atoms with E-state index in [2.05, 4.69) is 10.3 Å². The highest BCUT2D eigenvalue weighted by Crippen LogP contribution is 2.22. The molecule has 1 unspecified atom stereocenters. The van der Waals surface area contributed by atoms with Gasteiger partial charge in [-0.2, -0.15) is 13.2 Å². The SMILES string of the molecule is O=C(NCC1CCN(CC(F)(F)F)C1)c1cccnc1Cl. The zero-order valence-electron chi connectivity index (χ0n) is 11.2. The molecule has 2 heterocycles. The molecule has 1 aliphatic heterocycles. The minimum atomic E-state index is -4.18. The van der Waals surface area contributed by atoms with E-state index in [1.54, 1.807) is 12.1 Å². The van der Waals surface area contributed by atoms with Gasteiger partial charge in [0.05, 0.1) is 12.1 Å². The Labute approximate surface area is 125 Å². The number of rotatable bonds is 4. The van der Waals surface area contributed by atoms with Gasteiger partial charge in [-0.25, -0.2) is 4.98 Å². The number of nitrogens with one attached hydrogen (secondary N) is 1. The molecule has 0 aromatic carbocycles. The van der Waals surface area contributed by atoms with Crippen molar-refractivity contribution in [2.24, 2.45) is 5.92 Å². The van der Waals surface area contributed by atoms with Gasteiger partial charge in [0.1, 0.15) is 5.15 Å². The van der Waals surface area contributed by atoms with Crippen molar-refractivity contribution in [1.82, 2.24) is 15.2 Å². The number of amides is 1. The lowest BCUT2D eigenvalue weighted by Gasteiger charge is -2.18. The van der Waals surface area contributed by atoms with Gasteiger partial charge in [-0.3, -0.25) is 9.69 Å². The third-order valence-corrected chi connectivity index (χ3v) is 3.63. The Balaban J connectivity index is 1.80. The molecule has 21 heavy (non-hydrogen) atoms. The lowest BCUT2D eigenvalue weighted by atomic mass is 10.1. The summed E-state index contributed by atoms with van der Waals surface area (Å²) in [6, 6.07) is 3.15. The van der Waals surface area contributed by atoms with Crippen LogP contribution in [0.25, 0.3) is 0 Å². The highest BCUT2D eigenvalue weighted by atomic mass is 35.5. The summed E-state index contributed by atoms with van der Waals surface area (Å²) in [6.45, 7) is 0.165. The highest BCUT2D eigenvalue weighted by molar-refractivity contribution is 6.32. The average molecular weight is 322 g/mol. The molecule has 0 aliphatic carbocycles. The summed E-state index contributed by atoms with van der Waals surface area (Å²) in [5.41, 5.74) is 0.268. The summed E-state index contributed by atoms with van der Waals surface area (Å²) in [6.07, 6.45) is -2.07. The summed E-state index contributed by atoms with van der Waals surface area (Å²) in [5, 5.41) is 2.81. The average Bonchev–Trinajstić information content (AvgIpc) is 2.82. The molecule has 0 spiro atoms. The third-order valence-electron chi connectivity index (χ3n) is 3.33. The number of alkyl halides is 3. The maximum absolute atomic E-state index is 12.3. The maximum Gasteiger partial charge on any atom is 0.401 e. The Morgan fingerprint density at radius 3 is 2.95 bits per heavy atom. The second-order valence-corrected chi connectivity index (χ2v) is 5.41. The Morgan fingerprint density at radius 1 is 1.52 bits per heavy atom. The van der Waals surface area contributed by atoms with Crippen LogP contribution in [0.5, 0.6) is 0 Å². The number of hydrogen-bond acceptors (Lipinski definition) is 3. The van der Waals surface area contributed by atoms with Gasteiger partial charge in [-0.05, 0) is 31.0 Å². The Morgan fingerprint density at radius 2 is 2.29 bits per heavy atom. The third kappa shape index (κ3) is 4.86. The number of halogens is 4. The van der Waals surface area contributed by atoms with Gasteiger partial charge < -0.3 is 5.32 Å². The van der Waals surface area contributed by atoms with Crippen LogP contribution in [0.2, 0.25) is 5.15 Å². The summed E-state index contributed by atoms with van der Waals surface area (Å²) in [7, 11) is 0. The molecule has 1 saturated heterocycles. The summed E-state index contributed by atoms with van der Waals surface area (Å²) in [5.74, 6) is -0.339. The molecule has 0 bridgehead atoms. The summed E-state index contributed by atoms with van der Waals surface area (Å²) < 4.78 is 36.8. The molecule has 0 saturated carbocycles. The van der Waals surface area contributed by atoms with Crippen LogP contribution < -0.4 is 5.32 Å². The number of carbonyl (C=O) groups is 1. The normalized spacial score (nSPS) is 19.7. The zero-order chi connectivity index (χ0) is 15.5. The summed E-state index contributed by atoms with van der Waals surface area (Å²) in [4.78, 5) is 17.1. The van der Waals surface area contributed by atoms with E-state index < -0.39 is 12.7 Å². The van der Waals surface area contributed by atoms with E-state index in [0.717, 1.165) is 0 Å². The van der Waals surface area contributed by atoms with E-state index in [1.807, 2.05) is 0 Å². The molecule has 8 heteroatoms. The van der Waals surface area contributed by atoms with Crippen LogP contribution in [0.1, 0.15) is 16.8 Å². The van der Waals surface area contributed by atoms with Crippen molar-refractivity contribution in [1.29, 1.82) is 0 Å². The number of nitrogens with zero attached hydrogens (tertiary/aromatic N) is 2. The molecule has 1 amide bonds. The monoisotopic (exact) mass is 321 g/mol. The zero-order valence-corrected chi connectivity index (χ0v) is 11.9. The van der Waals surface area contributed by atoms with Crippen LogP contribution in [0, 0.1) is 5.92 Å². The van der Waals surface area contributed by atoms with Crippen LogP contribution in [-0.2, 0) is 0 Å². The predicted molar refractivity (Wildman–Crippen MR) is 72.2 cm³/mol. The molecule has 1 aromatic rings. The molecule has 2 rings (SSSR count). The van der Waals surface area contributed by atoms with Crippen LogP contribution in [-0.4, -0.2) is 48.1 Å². The van der Waals surface area contributed by atoms with Crippen molar-refractivity contribution < 1.29 is 18.0 Å². The van der Waals surface area contributed by atoms with E-state index >= 15 is 0 Å². The second kappa shape index (κ2) is 6.62. The number of hydrogen-bond donors (Lipinski definition) is 1. The largest absolute Gasteiger partial charge is 0.401 e. The molecule has 1 N–H and O–H groups in total. The molecule has 4 nitrogen and oxygen atoms in total. The van der Waals surface area contributed by atoms with Crippen molar-refractivity contribution in [3.8, 4) is 0 Å². The quantitative estimate of drug-likeness (QED) is 0.866. The van der Waals surface area contributed by atoms with Gasteiger partial charge in [0, 0.05) is 19.3 Å². The van der Waals surface area contributed by atoms with Crippen LogP contribution >= 0.6 is 11.6 Å². The molecule has 0 radical (unpaired) electrons. The number of pyridine rings is 1. The molecule has 1 fully saturated rings. The second-order valence-electron chi connectivity index (χ2n) is 5.06. The van der Waals surface area contributed by atoms with Gasteiger partial charge in [-0.1, -0.05) is 11.6 Å². The Hall–Kier alpha value is -1.34. The lowest BCUT2D eigenvalue weighted by Crippen LogP contribution is -2.34. The minimum absolute atomic E-state index is 0.0201. The standard InChI is InChI=1S/C13H15ClF3N3O/c14-11-10(2-1-4-18-11)12(21)19-6-9-3-5-20(7-9)8-13(15,16)17/h1-2,4,9H,3,5-8H2,(H,19,21). The predicted octanol–water partition coefficient (Wildman–Crippen LogP) is 2.35. The molecule has 1 aromatic heterocycles. The summed E-state index contributed by atoms with van der Waals surface area (Å²) >= 11 is 5.81. The van der Waals surface area contributed by atoms with Crippen molar-refractivity contribution >= 4 is 17.5 Å². The molecular weight excluding hydrogens is 307 g/mol. The van der Waals surface area contributed by atoms with Crippen molar-refractivity contribution in [2.45, 2.75) is 12.6 Å². The fourth-order valence-corrected chi connectivity index (χ4v) is 2.57. The van der Waals surface area contributed by atoms with E-state index in [9.17, 15) is 18.0 Å². The van der Waals surface area contributed by atoms with Gasteiger partial charge in [-0.15, -0.1) is 0 Å². The van der Waals surface area contributed by atoms with E-state index in [1.165, 1.54) is 11.1 Å². The maximum atomic E-state index is 12.3. The molecule has 1 atom stereocenters. The molecule has 1 aliphatic rings. The van der Waals surface area contributed by atoms with Gasteiger partial charge in [0.25, 0.3) is 5.91 Å². The Kier molecular flexibility index (Phi) is 5.05. The Bertz CT molecular complexity index is 510. The fourth-order valence-electron chi connectivity index (χ4n) is 2.36. The number of carbonyl (C=O) groups excluding carboxylic acids is 1. The van der Waals surface area contributed by atoms with Gasteiger partial charge in [0.15, 0.2) is 0 Å². The van der Waals surface area contributed by atoms with E-state index in [4.69, 9.17) is 11.6 Å². The van der Waals surface area contributed by atoms with Crippen molar-refractivity contribution in [3.05, 3.63) is 29.0 Å². The lowest BCUT2D eigenvalue weighted by molar-refractivity contribution is -0.143. The van der Waals surface area contributed by atoms with Crippen molar-refractivity contribution in [3.63, 3.8) is 0 Å². The first-order valence-electron chi connectivity index (χ1n) is 6.53. The first-order chi connectivity index (χ1) is 9.85. The topological polar surface area (TPSA) is 45.2 Å². The highest BCUT2D eigenvalue weighted by Gasteiger charge is 2.34. The first kappa shape index (κ1) is 16.0. The van der Waals surface area contributed by atoms with Gasteiger partial charge >= 0.3 is 6.18 Å². The van der Waals surface area contributed by atoms with Crippen LogP contribution in [0.4, 0.5) is 13.2 Å². The van der Waals surface area contributed by atoms with E-state index in [0.29, 0.717) is 26.1 Å². The van der Waals surface area contributed by atoms with Gasteiger partial charge in [0.2, 0.25) is 0 Å². The van der Waals surface area contributed by atoms with E-state index in [-0.39, 0.29) is 22.5 Å². The fraction of sp³-hybridized carbons (Fsp3) is 0.538. The number of aromatic nitrogens is 1. The van der Waals surface area contributed by atoms with Crippen LogP contribution in [0.15, 0.2) is 18.3 Å². The minimum Gasteiger partial charge on any atom is -0.352 e.